The smallest absolute Gasteiger partial charge is 0.188 e. The minimum Gasteiger partial charge on any atom is -1.00 e. The molecule has 0 fully saturated rings. The summed E-state index contributed by atoms with van der Waals surface area (Å²) in [5.74, 6) is 0.453. The van der Waals surface area contributed by atoms with E-state index in [1.165, 1.54) is 51.4 Å². The van der Waals surface area contributed by atoms with Gasteiger partial charge in [0.1, 0.15) is 5.78 Å². The zero-order valence-electron chi connectivity index (χ0n) is 16.3. The topological polar surface area (TPSA) is 53.9 Å². The molecule has 0 saturated heterocycles. The molecule has 24 heavy (non-hydrogen) atoms. The Bertz CT molecular complexity index is 262. The monoisotopic (exact) mass is 347 g/mol. The van der Waals surface area contributed by atoms with Crippen molar-refractivity contribution in [2.75, 3.05) is 6.61 Å². The molecule has 0 amide bonds. The Hall–Kier alpha value is -0.480. The molecule has 4 heteroatoms. The first-order valence-electron chi connectivity index (χ1n) is 10.2. The van der Waals surface area contributed by atoms with Gasteiger partial charge in [-0.25, -0.2) is 0 Å². The van der Waals surface area contributed by atoms with Gasteiger partial charge in [-0.15, -0.1) is 0 Å². The van der Waals surface area contributed by atoms with Gasteiger partial charge in [-0.3, -0.25) is 4.79 Å². The van der Waals surface area contributed by atoms with Crippen molar-refractivity contribution < 1.29 is 20.0 Å². The van der Waals surface area contributed by atoms with Crippen LogP contribution in [0.2, 0.25) is 0 Å². The Balaban J connectivity index is 0. The van der Waals surface area contributed by atoms with Crippen LogP contribution in [0.15, 0.2) is 0 Å². The lowest BCUT2D eigenvalue weighted by atomic mass is 10.1. The van der Waals surface area contributed by atoms with Crippen molar-refractivity contribution in [3.8, 4) is 0 Å². The lowest BCUT2D eigenvalue weighted by Gasteiger charge is -2.10. The zero-order valence-corrected chi connectivity index (χ0v) is 16.3. The van der Waals surface area contributed by atoms with Crippen molar-refractivity contribution in [1.82, 2.24) is 0 Å². The molecule has 0 heterocycles. The predicted molar refractivity (Wildman–Crippen MR) is 98.2 cm³/mol. The van der Waals surface area contributed by atoms with Gasteiger partial charge in [-0.1, -0.05) is 65.2 Å². The van der Waals surface area contributed by atoms with Gasteiger partial charge in [0.25, 0.3) is 0 Å². The third kappa shape index (κ3) is 19.6. The molecular formula is C20H42FNO2. The average Bonchev–Trinajstić information content (AvgIpc) is 2.55. The Morgan fingerprint density at radius 2 is 1.33 bits per heavy atom. The molecule has 1 unspecified atom stereocenters. The van der Waals surface area contributed by atoms with Crippen LogP contribution in [-0.2, 0) is 9.53 Å². The summed E-state index contributed by atoms with van der Waals surface area (Å²) in [6, 6.07) is 0. The van der Waals surface area contributed by atoms with E-state index < -0.39 is 0 Å². The molecule has 3 N–H and O–H groups in total. The molecule has 0 aliphatic heterocycles. The number of Topliss-reactive ketones (excluding diaryl/α,β-unsaturated/α-hetero) is 1. The minimum absolute atomic E-state index is 0. The van der Waals surface area contributed by atoms with Crippen LogP contribution in [-0.4, -0.2) is 18.6 Å². The third-order valence-electron chi connectivity index (χ3n) is 4.39. The Labute approximate surface area is 149 Å². The third-order valence-corrected chi connectivity index (χ3v) is 4.39. The molecule has 3 nitrogen and oxygen atoms in total. The summed E-state index contributed by atoms with van der Waals surface area (Å²) >= 11 is 0. The summed E-state index contributed by atoms with van der Waals surface area (Å²) in [4.78, 5) is 11.5. The van der Waals surface area contributed by atoms with Gasteiger partial charge < -0.3 is 15.2 Å². The number of quaternary nitrogens is 1. The summed E-state index contributed by atoms with van der Waals surface area (Å²) in [5.41, 5.74) is 4.09. The number of hydrogen-bond donors (Lipinski definition) is 1. The van der Waals surface area contributed by atoms with Crippen molar-refractivity contribution in [3.05, 3.63) is 0 Å². The number of halogens is 1. The van der Waals surface area contributed by atoms with E-state index in [0.717, 1.165) is 51.6 Å². The predicted octanol–water partition coefficient (Wildman–Crippen LogP) is 2.04. The van der Waals surface area contributed by atoms with E-state index in [1.807, 2.05) is 0 Å². The number of ether oxygens (including phenoxy) is 1. The lowest BCUT2D eigenvalue weighted by Crippen LogP contribution is -3.00. The lowest BCUT2D eigenvalue weighted by molar-refractivity contribution is -0.492. The molecule has 0 aromatic carbocycles. The molecule has 146 valence electrons. The molecule has 0 aromatic heterocycles. The maximum absolute atomic E-state index is 11.5. The molecule has 0 aliphatic rings. The van der Waals surface area contributed by atoms with Crippen LogP contribution in [0, 0.1) is 0 Å². The maximum Gasteiger partial charge on any atom is 0.188 e. The second-order valence-corrected chi connectivity index (χ2v) is 6.86. The fraction of sp³-hybridized carbons (Fsp3) is 0.950. The van der Waals surface area contributed by atoms with Crippen molar-refractivity contribution in [2.45, 2.75) is 116 Å². The highest BCUT2D eigenvalue weighted by Crippen LogP contribution is 2.09. The molecule has 0 aromatic rings. The van der Waals surface area contributed by atoms with Gasteiger partial charge in [0.15, 0.2) is 6.23 Å². The van der Waals surface area contributed by atoms with Crippen LogP contribution >= 0.6 is 0 Å². The van der Waals surface area contributed by atoms with Crippen molar-refractivity contribution in [1.29, 1.82) is 0 Å². The number of unbranched alkanes of at least 4 members (excludes halogenated alkanes) is 9. The molecule has 0 bridgehead atoms. The average molecular weight is 348 g/mol. The molecule has 0 aliphatic carbocycles. The van der Waals surface area contributed by atoms with E-state index in [9.17, 15) is 4.79 Å². The molecule has 0 radical (unpaired) electrons. The number of carbonyl (C=O) groups is 1. The number of ketones is 1. The van der Waals surface area contributed by atoms with Crippen molar-refractivity contribution in [2.24, 2.45) is 0 Å². The van der Waals surface area contributed by atoms with Gasteiger partial charge in [0, 0.05) is 19.3 Å². The van der Waals surface area contributed by atoms with Crippen molar-refractivity contribution >= 4 is 5.78 Å². The van der Waals surface area contributed by atoms with Crippen LogP contribution in [0.3, 0.4) is 0 Å². The summed E-state index contributed by atoms with van der Waals surface area (Å²) in [5, 5.41) is 0. The highest BCUT2D eigenvalue weighted by Gasteiger charge is 2.05. The van der Waals surface area contributed by atoms with Crippen LogP contribution in [0.5, 0.6) is 0 Å². The molecule has 1 atom stereocenters. The second kappa shape index (κ2) is 20.6. The second-order valence-electron chi connectivity index (χ2n) is 6.86. The molecule has 0 saturated carbocycles. The van der Waals surface area contributed by atoms with E-state index in [2.05, 4.69) is 19.6 Å². The largest absolute Gasteiger partial charge is 1.00 e. The Morgan fingerprint density at radius 3 is 2.04 bits per heavy atom. The normalized spacial score (nSPS) is 12.0. The first kappa shape index (κ1) is 25.8. The SMILES string of the molecule is CCCCCCCC([NH3+])OCCCCCCCC(=O)CCCC.[F-]. The van der Waals surface area contributed by atoms with E-state index in [-0.39, 0.29) is 10.9 Å². The zero-order chi connectivity index (χ0) is 17.2. The highest BCUT2D eigenvalue weighted by atomic mass is 19.0. The summed E-state index contributed by atoms with van der Waals surface area (Å²) in [7, 11) is 0. The van der Waals surface area contributed by atoms with E-state index in [1.54, 1.807) is 0 Å². The molecule has 0 rings (SSSR count). The first-order valence-corrected chi connectivity index (χ1v) is 10.2. The quantitative estimate of drug-likeness (QED) is 0.305. The van der Waals surface area contributed by atoms with Gasteiger partial charge in [-0.05, 0) is 25.7 Å². The number of rotatable bonds is 18. The van der Waals surface area contributed by atoms with Crippen LogP contribution < -0.4 is 10.4 Å². The summed E-state index contributed by atoms with van der Waals surface area (Å²) in [6.45, 7) is 5.23. The van der Waals surface area contributed by atoms with Crippen molar-refractivity contribution in [3.63, 3.8) is 0 Å². The summed E-state index contributed by atoms with van der Waals surface area (Å²) < 4.78 is 5.77. The van der Waals surface area contributed by atoms with E-state index in [4.69, 9.17) is 4.74 Å². The minimum atomic E-state index is 0. The highest BCUT2D eigenvalue weighted by molar-refractivity contribution is 5.78. The van der Waals surface area contributed by atoms with Gasteiger partial charge >= 0.3 is 0 Å². The maximum atomic E-state index is 11.5. The first-order chi connectivity index (χ1) is 11.2. The number of hydrogen-bond acceptors (Lipinski definition) is 2. The molecular weight excluding hydrogens is 305 g/mol. The van der Waals surface area contributed by atoms with Gasteiger partial charge in [0.05, 0.1) is 6.61 Å². The van der Waals surface area contributed by atoms with E-state index in [0.29, 0.717) is 5.78 Å². The van der Waals surface area contributed by atoms with Crippen LogP contribution in [0.1, 0.15) is 110 Å². The molecule has 0 spiro atoms. The summed E-state index contributed by atoms with van der Waals surface area (Å²) in [6.07, 6.45) is 17.4. The van der Waals surface area contributed by atoms with Gasteiger partial charge in [-0.2, -0.15) is 0 Å². The fourth-order valence-corrected chi connectivity index (χ4v) is 2.76. The standard InChI is InChI=1S/C20H41NO2.FH/c1-3-5-7-9-13-17-20(21)23-18-14-11-8-10-12-16-19(22)15-6-4-2;/h20H,3-18,21H2,1-2H3;1H. The van der Waals surface area contributed by atoms with E-state index >= 15 is 0 Å². The number of carbonyl (C=O) groups excluding carboxylic acids is 1. The Morgan fingerprint density at radius 1 is 0.792 bits per heavy atom. The van der Waals surface area contributed by atoms with Crippen LogP contribution in [0.25, 0.3) is 0 Å². The van der Waals surface area contributed by atoms with Gasteiger partial charge in [0.2, 0.25) is 0 Å². The fourth-order valence-electron chi connectivity index (χ4n) is 2.76. The Kier molecular flexibility index (Phi) is 22.1. The van der Waals surface area contributed by atoms with Crippen LogP contribution in [0.4, 0.5) is 0 Å².